The first-order chi connectivity index (χ1) is 16.8. The summed E-state index contributed by atoms with van der Waals surface area (Å²) in [5.41, 5.74) is 3.30. The summed E-state index contributed by atoms with van der Waals surface area (Å²) in [6.45, 7) is 7.13. The van der Waals surface area contributed by atoms with Gasteiger partial charge in [-0.2, -0.15) is 0 Å². The Bertz CT molecular complexity index is 1180. The highest BCUT2D eigenvalue weighted by Crippen LogP contribution is 2.57. The van der Waals surface area contributed by atoms with Gasteiger partial charge in [-0.1, -0.05) is 51.1 Å². The van der Waals surface area contributed by atoms with Gasteiger partial charge in [0.05, 0.1) is 11.8 Å². The lowest BCUT2D eigenvalue weighted by Gasteiger charge is -2.53. The molecule has 1 N–H and O–H groups in total. The van der Waals surface area contributed by atoms with Gasteiger partial charge in [0.15, 0.2) is 0 Å². The number of aromatic nitrogens is 2. The number of fused-ring (bicyclic) bond motifs is 2. The molecule has 2 aliphatic carbocycles. The molecule has 5 nitrogen and oxygen atoms in total. The summed E-state index contributed by atoms with van der Waals surface area (Å²) in [6.07, 6.45) is 5.96. The summed E-state index contributed by atoms with van der Waals surface area (Å²) in [6, 6.07) is 14.1. The highest BCUT2D eigenvalue weighted by Gasteiger charge is 2.54. The average molecular weight is 490 g/mol. The number of carbonyl (C=O) groups is 1. The molecule has 1 saturated carbocycles. The molecule has 35 heavy (non-hydrogen) atoms. The molecule has 1 fully saturated rings. The zero-order valence-electron chi connectivity index (χ0n) is 21.0. The van der Waals surface area contributed by atoms with Crippen LogP contribution in [0.25, 0.3) is 10.6 Å². The van der Waals surface area contributed by atoms with E-state index in [4.69, 9.17) is 4.98 Å². The van der Waals surface area contributed by atoms with Gasteiger partial charge in [-0.05, 0) is 54.2 Å². The number of aliphatic hydroxyl groups excluding tert-OH is 1. The Morgan fingerprint density at radius 1 is 1.26 bits per heavy atom. The van der Waals surface area contributed by atoms with E-state index >= 15 is 0 Å². The van der Waals surface area contributed by atoms with E-state index in [-0.39, 0.29) is 35.0 Å². The maximum Gasteiger partial charge on any atom is 0.225 e. The van der Waals surface area contributed by atoms with Crippen LogP contribution in [0.1, 0.15) is 55.7 Å². The van der Waals surface area contributed by atoms with E-state index in [0.717, 1.165) is 41.1 Å². The minimum atomic E-state index is -0.524. The van der Waals surface area contributed by atoms with E-state index in [1.165, 1.54) is 4.88 Å². The smallest absolute Gasteiger partial charge is 0.225 e. The number of rotatable bonds is 5. The summed E-state index contributed by atoms with van der Waals surface area (Å²) in [5, 5.41) is 12.7. The summed E-state index contributed by atoms with van der Waals surface area (Å²) in [4.78, 5) is 25.8. The van der Waals surface area contributed by atoms with E-state index in [1.807, 2.05) is 61.5 Å². The van der Waals surface area contributed by atoms with Crippen molar-refractivity contribution in [1.29, 1.82) is 0 Å². The molecular weight excluding hydrogens is 454 g/mol. The molecule has 6 atom stereocenters. The average Bonchev–Trinajstić information content (AvgIpc) is 3.28. The van der Waals surface area contributed by atoms with Crippen molar-refractivity contribution in [3.63, 3.8) is 0 Å². The standard InChI is InChI=1S/C29H35N3O2S/c1-18(28(34)32(4)17-20-9-6-5-7-10-20)22-12-13-29(3)15-23-25(19(2)24(29)26(22)33)31-27(35-23)21-11-8-14-30-16-21/h5-11,14,16,18-19,22,24,26,33H,12-13,15,17H2,1-4H3. The van der Waals surface area contributed by atoms with Crippen LogP contribution in [0.4, 0.5) is 0 Å². The molecule has 0 spiro atoms. The van der Waals surface area contributed by atoms with E-state index in [1.54, 1.807) is 17.5 Å². The Balaban J connectivity index is 1.36. The van der Waals surface area contributed by atoms with Gasteiger partial charge >= 0.3 is 0 Å². The Hall–Kier alpha value is -2.57. The third kappa shape index (κ3) is 4.43. The number of hydrogen-bond acceptors (Lipinski definition) is 5. The quantitative estimate of drug-likeness (QED) is 0.510. The third-order valence-corrected chi connectivity index (χ3v) is 9.62. The molecule has 1 amide bonds. The number of benzene rings is 1. The Labute approximate surface area is 212 Å². The first kappa shape index (κ1) is 24.1. The molecule has 2 heterocycles. The fraction of sp³-hybridized carbons (Fsp3) is 0.483. The molecule has 5 rings (SSSR count). The number of aliphatic hydroxyl groups is 1. The molecule has 6 heteroatoms. The molecule has 3 aromatic rings. The van der Waals surface area contributed by atoms with Crippen molar-refractivity contribution in [3.05, 3.63) is 71.0 Å². The zero-order valence-corrected chi connectivity index (χ0v) is 21.8. The molecule has 0 bridgehead atoms. The van der Waals surface area contributed by atoms with Crippen LogP contribution in [0.3, 0.4) is 0 Å². The molecule has 0 radical (unpaired) electrons. The van der Waals surface area contributed by atoms with Crippen LogP contribution in [0.5, 0.6) is 0 Å². The van der Waals surface area contributed by atoms with E-state index < -0.39 is 6.10 Å². The van der Waals surface area contributed by atoms with Gasteiger partial charge in [-0.15, -0.1) is 11.3 Å². The van der Waals surface area contributed by atoms with E-state index in [9.17, 15) is 9.90 Å². The van der Waals surface area contributed by atoms with Gasteiger partial charge in [0.1, 0.15) is 5.01 Å². The van der Waals surface area contributed by atoms with Crippen molar-refractivity contribution in [2.45, 2.75) is 58.6 Å². The number of thiazole rings is 1. The van der Waals surface area contributed by atoms with Crippen LogP contribution in [0.15, 0.2) is 54.9 Å². The van der Waals surface area contributed by atoms with Crippen LogP contribution in [-0.4, -0.2) is 39.0 Å². The number of pyridine rings is 1. The lowest BCUT2D eigenvalue weighted by Crippen LogP contribution is -2.53. The lowest BCUT2D eigenvalue weighted by molar-refractivity contribution is -0.144. The van der Waals surface area contributed by atoms with Gasteiger partial charge in [0.25, 0.3) is 0 Å². The van der Waals surface area contributed by atoms with Crippen molar-refractivity contribution in [1.82, 2.24) is 14.9 Å². The Morgan fingerprint density at radius 2 is 2.03 bits per heavy atom. The maximum atomic E-state index is 13.4. The minimum absolute atomic E-state index is 0.0137. The third-order valence-electron chi connectivity index (χ3n) is 8.50. The van der Waals surface area contributed by atoms with Crippen LogP contribution in [-0.2, 0) is 17.8 Å². The molecule has 0 aliphatic heterocycles. The first-order valence-corrected chi connectivity index (χ1v) is 13.5. The molecule has 2 aromatic heterocycles. The molecule has 2 aliphatic rings. The molecular formula is C29H35N3O2S. The second kappa shape index (κ2) is 9.47. The van der Waals surface area contributed by atoms with Crippen molar-refractivity contribution >= 4 is 17.2 Å². The highest BCUT2D eigenvalue weighted by molar-refractivity contribution is 7.15. The molecule has 6 unspecified atom stereocenters. The van der Waals surface area contributed by atoms with Crippen molar-refractivity contribution in [2.75, 3.05) is 7.05 Å². The fourth-order valence-electron chi connectivity index (χ4n) is 6.63. The van der Waals surface area contributed by atoms with Gasteiger partial charge < -0.3 is 10.0 Å². The van der Waals surface area contributed by atoms with Crippen molar-refractivity contribution in [3.8, 4) is 10.6 Å². The number of hydrogen-bond donors (Lipinski definition) is 1. The van der Waals surface area contributed by atoms with Gasteiger partial charge in [0.2, 0.25) is 5.91 Å². The summed E-state index contributed by atoms with van der Waals surface area (Å²) >= 11 is 1.77. The number of amides is 1. The normalized spacial score (nSPS) is 28.6. The molecule has 0 saturated heterocycles. The Morgan fingerprint density at radius 3 is 2.74 bits per heavy atom. The second-order valence-electron chi connectivity index (χ2n) is 10.9. The van der Waals surface area contributed by atoms with Crippen molar-refractivity contribution in [2.24, 2.45) is 23.2 Å². The first-order valence-electron chi connectivity index (χ1n) is 12.7. The predicted octanol–water partition coefficient (Wildman–Crippen LogP) is 5.55. The predicted molar refractivity (Wildman–Crippen MR) is 140 cm³/mol. The monoisotopic (exact) mass is 489 g/mol. The highest BCUT2D eigenvalue weighted by atomic mass is 32.1. The van der Waals surface area contributed by atoms with Gasteiger partial charge in [0, 0.05) is 48.3 Å². The van der Waals surface area contributed by atoms with Crippen LogP contribution < -0.4 is 0 Å². The number of nitrogens with zero attached hydrogens (tertiary/aromatic N) is 3. The van der Waals surface area contributed by atoms with Crippen molar-refractivity contribution < 1.29 is 9.90 Å². The summed E-state index contributed by atoms with van der Waals surface area (Å²) < 4.78 is 0. The van der Waals surface area contributed by atoms with Gasteiger partial charge in [-0.3, -0.25) is 9.78 Å². The van der Waals surface area contributed by atoms with Crippen LogP contribution in [0.2, 0.25) is 0 Å². The van der Waals surface area contributed by atoms with Crippen LogP contribution >= 0.6 is 11.3 Å². The zero-order chi connectivity index (χ0) is 24.7. The topological polar surface area (TPSA) is 66.3 Å². The fourth-order valence-corrected chi connectivity index (χ4v) is 7.98. The van der Waals surface area contributed by atoms with E-state index in [2.05, 4.69) is 24.9 Å². The minimum Gasteiger partial charge on any atom is -0.392 e. The summed E-state index contributed by atoms with van der Waals surface area (Å²) in [5.74, 6) is 0.0792. The Kier molecular flexibility index (Phi) is 6.53. The molecule has 1 aromatic carbocycles. The second-order valence-corrected chi connectivity index (χ2v) is 12.0. The summed E-state index contributed by atoms with van der Waals surface area (Å²) in [7, 11) is 1.87. The maximum absolute atomic E-state index is 13.4. The lowest BCUT2D eigenvalue weighted by atomic mass is 9.53. The largest absolute Gasteiger partial charge is 0.392 e. The van der Waals surface area contributed by atoms with Gasteiger partial charge in [-0.25, -0.2) is 4.98 Å². The molecule has 184 valence electrons. The SMILES string of the molecule is CC(C(=O)N(C)Cc1ccccc1)C1CCC2(C)Cc3sc(-c4cccnc4)nc3C(C)C2C1O. The van der Waals surface area contributed by atoms with Crippen LogP contribution in [0, 0.1) is 23.2 Å². The van der Waals surface area contributed by atoms with E-state index in [0.29, 0.717) is 6.54 Å². The number of carbonyl (C=O) groups excluding carboxylic acids is 1.